The summed E-state index contributed by atoms with van der Waals surface area (Å²) in [6, 6.07) is 5.20. The van der Waals surface area contributed by atoms with Gasteiger partial charge in [-0.2, -0.15) is 0 Å². The summed E-state index contributed by atoms with van der Waals surface area (Å²) in [5, 5.41) is 0. The second-order valence-electron chi connectivity index (χ2n) is 6.80. The SMILES string of the molecule is CCCCOC(=O)C(C(=O)c1c(OC)cccc1OC)C1CCCCC1.O=[PH3]. The quantitative estimate of drug-likeness (QED) is 0.197. The van der Waals surface area contributed by atoms with Crippen molar-refractivity contribution in [2.24, 2.45) is 11.8 Å². The second kappa shape index (κ2) is 13.4. The Morgan fingerprint density at radius 1 is 1.07 bits per heavy atom. The molecule has 1 fully saturated rings. The van der Waals surface area contributed by atoms with Gasteiger partial charge in [0.2, 0.25) is 0 Å². The summed E-state index contributed by atoms with van der Waals surface area (Å²) in [6.07, 6.45) is 6.72. The molecule has 0 aromatic heterocycles. The van der Waals surface area contributed by atoms with Crippen LogP contribution in [0.2, 0.25) is 0 Å². The van der Waals surface area contributed by atoms with Gasteiger partial charge in [0.15, 0.2) is 5.78 Å². The van der Waals surface area contributed by atoms with Gasteiger partial charge in [-0.05, 0) is 37.3 Å². The third-order valence-electron chi connectivity index (χ3n) is 5.07. The Balaban J connectivity index is 0.00000190. The Morgan fingerprint density at radius 3 is 2.14 bits per heavy atom. The average molecular weight is 412 g/mol. The van der Waals surface area contributed by atoms with Crippen LogP contribution in [0, 0.1) is 11.8 Å². The minimum absolute atomic E-state index is 0.0139. The lowest BCUT2D eigenvalue weighted by molar-refractivity contribution is -0.148. The maximum Gasteiger partial charge on any atom is 0.317 e. The highest BCUT2D eigenvalue weighted by Gasteiger charge is 2.39. The molecule has 1 aromatic carbocycles. The van der Waals surface area contributed by atoms with E-state index in [1.165, 1.54) is 14.2 Å². The molecular weight excluding hydrogens is 379 g/mol. The van der Waals surface area contributed by atoms with Crippen LogP contribution in [-0.4, -0.2) is 32.6 Å². The van der Waals surface area contributed by atoms with Crippen LogP contribution in [0.4, 0.5) is 0 Å². The summed E-state index contributed by atoms with van der Waals surface area (Å²) in [7, 11) is 3.64. The van der Waals surface area contributed by atoms with Crippen molar-refractivity contribution in [3.63, 3.8) is 0 Å². The highest BCUT2D eigenvalue weighted by atomic mass is 31.0. The molecule has 0 N–H and O–H groups in total. The molecule has 0 aliphatic heterocycles. The molecule has 1 aliphatic rings. The summed E-state index contributed by atoms with van der Waals surface area (Å²) in [6.45, 7) is 2.40. The van der Waals surface area contributed by atoms with E-state index in [-0.39, 0.29) is 11.7 Å². The number of carbonyl (C=O) groups is 2. The molecule has 7 heteroatoms. The molecule has 28 heavy (non-hydrogen) atoms. The molecule has 0 saturated heterocycles. The molecule has 2 rings (SSSR count). The highest BCUT2D eigenvalue weighted by Crippen LogP contribution is 2.37. The number of ether oxygens (including phenoxy) is 3. The molecular formula is C21H33O6P. The van der Waals surface area contributed by atoms with Crippen LogP contribution < -0.4 is 9.47 Å². The number of Topliss-reactive ketones (excluding diaryl/α,β-unsaturated/α-hetero) is 1. The van der Waals surface area contributed by atoms with Crippen molar-refractivity contribution < 1.29 is 28.4 Å². The lowest BCUT2D eigenvalue weighted by Crippen LogP contribution is -2.35. The molecule has 2 atom stereocenters. The van der Waals surface area contributed by atoms with Crippen LogP contribution in [0.1, 0.15) is 62.2 Å². The minimum atomic E-state index is -0.794. The Hall–Kier alpha value is -1.81. The number of esters is 1. The topological polar surface area (TPSA) is 78.9 Å². The molecule has 1 saturated carbocycles. The van der Waals surface area contributed by atoms with Crippen molar-refractivity contribution in [3.05, 3.63) is 23.8 Å². The van der Waals surface area contributed by atoms with E-state index < -0.39 is 11.9 Å². The number of hydrogen-bond acceptors (Lipinski definition) is 6. The molecule has 0 spiro atoms. The second-order valence-corrected chi connectivity index (χ2v) is 6.80. The molecule has 0 bridgehead atoms. The molecule has 2 unspecified atom stereocenters. The van der Waals surface area contributed by atoms with Crippen LogP contribution >= 0.6 is 9.12 Å². The van der Waals surface area contributed by atoms with Gasteiger partial charge in [-0.3, -0.25) is 9.59 Å². The lowest BCUT2D eigenvalue weighted by atomic mass is 9.76. The van der Waals surface area contributed by atoms with Gasteiger partial charge in [-0.15, -0.1) is 0 Å². The van der Waals surface area contributed by atoms with Gasteiger partial charge in [0.25, 0.3) is 0 Å². The Labute approximate surface area is 169 Å². The summed E-state index contributed by atoms with van der Waals surface area (Å²) in [5.41, 5.74) is 0.334. The van der Waals surface area contributed by atoms with Gasteiger partial charge in [0, 0.05) is 0 Å². The zero-order valence-corrected chi connectivity index (χ0v) is 18.6. The summed E-state index contributed by atoms with van der Waals surface area (Å²) in [4.78, 5) is 26.2. The minimum Gasteiger partial charge on any atom is -0.496 e. The van der Waals surface area contributed by atoms with Gasteiger partial charge in [0.05, 0.1) is 29.9 Å². The Bertz CT molecular complexity index is 605. The maximum atomic E-state index is 13.4. The summed E-state index contributed by atoms with van der Waals surface area (Å²) < 4.78 is 24.5. The molecule has 158 valence electrons. The standard InChI is InChI=1S/C21H30O5.H3OP/c1-4-5-14-26-21(23)18(15-10-7-6-8-11-15)20(22)19-16(24-2)12-9-13-17(19)25-3;1-2/h9,12-13,15,18H,4-8,10-11,14H2,1-3H3;2H3. The van der Waals surface area contributed by atoms with Gasteiger partial charge < -0.3 is 18.8 Å². The van der Waals surface area contributed by atoms with Crippen molar-refractivity contribution in [2.75, 3.05) is 20.8 Å². The predicted molar refractivity (Wildman–Crippen MR) is 112 cm³/mol. The van der Waals surface area contributed by atoms with Crippen LogP contribution in [0.15, 0.2) is 18.2 Å². The first-order valence-electron chi connectivity index (χ1n) is 9.84. The van der Waals surface area contributed by atoms with Crippen molar-refractivity contribution in [3.8, 4) is 11.5 Å². The van der Waals surface area contributed by atoms with E-state index >= 15 is 0 Å². The molecule has 0 amide bonds. The third-order valence-corrected chi connectivity index (χ3v) is 5.07. The number of benzene rings is 1. The average Bonchev–Trinajstić information content (AvgIpc) is 2.75. The highest BCUT2D eigenvalue weighted by molar-refractivity contribution is 7.00. The smallest absolute Gasteiger partial charge is 0.317 e. The van der Waals surface area contributed by atoms with E-state index in [9.17, 15) is 9.59 Å². The Morgan fingerprint density at radius 2 is 1.64 bits per heavy atom. The monoisotopic (exact) mass is 412 g/mol. The van der Waals surface area contributed by atoms with Crippen molar-refractivity contribution in [1.29, 1.82) is 0 Å². The zero-order chi connectivity index (χ0) is 20.9. The molecule has 0 radical (unpaired) electrons. The van der Waals surface area contributed by atoms with Gasteiger partial charge >= 0.3 is 5.97 Å². The Kier molecular flexibility index (Phi) is 11.6. The van der Waals surface area contributed by atoms with E-state index in [1.807, 2.05) is 6.92 Å². The van der Waals surface area contributed by atoms with Crippen LogP contribution in [-0.2, 0) is 14.1 Å². The number of ketones is 1. The number of unbranched alkanes of at least 4 members (excludes halogenated alkanes) is 1. The van der Waals surface area contributed by atoms with Crippen molar-refractivity contribution >= 4 is 20.9 Å². The lowest BCUT2D eigenvalue weighted by Gasteiger charge is -2.28. The molecule has 1 aliphatic carbocycles. The first-order chi connectivity index (χ1) is 13.6. The summed E-state index contributed by atoms with van der Waals surface area (Å²) >= 11 is 0. The van der Waals surface area contributed by atoms with Crippen LogP contribution in [0.3, 0.4) is 0 Å². The fourth-order valence-electron chi connectivity index (χ4n) is 3.64. The zero-order valence-electron chi connectivity index (χ0n) is 17.2. The van der Waals surface area contributed by atoms with E-state index in [2.05, 4.69) is 0 Å². The van der Waals surface area contributed by atoms with E-state index in [1.54, 1.807) is 18.2 Å². The number of methoxy groups -OCH3 is 2. The van der Waals surface area contributed by atoms with Gasteiger partial charge in [-0.25, -0.2) is 0 Å². The number of rotatable bonds is 9. The van der Waals surface area contributed by atoms with E-state index in [0.29, 0.717) is 32.8 Å². The molecule has 0 heterocycles. The maximum absolute atomic E-state index is 13.4. The van der Waals surface area contributed by atoms with Gasteiger partial charge in [0.1, 0.15) is 23.0 Å². The van der Waals surface area contributed by atoms with Crippen molar-refractivity contribution in [2.45, 2.75) is 51.9 Å². The van der Waals surface area contributed by atoms with Crippen molar-refractivity contribution in [1.82, 2.24) is 0 Å². The predicted octanol–water partition coefficient (Wildman–Crippen LogP) is 4.37. The number of hydrogen-bond donors (Lipinski definition) is 0. The third kappa shape index (κ3) is 6.37. The molecule has 6 nitrogen and oxygen atoms in total. The molecule has 1 aromatic rings. The largest absolute Gasteiger partial charge is 0.496 e. The number of carbonyl (C=O) groups excluding carboxylic acids is 2. The van der Waals surface area contributed by atoms with E-state index in [0.717, 1.165) is 44.9 Å². The van der Waals surface area contributed by atoms with Crippen LogP contribution in [0.25, 0.3) is 0 Å². The first-order valence-corrected chi connectivity index (χ1v) is 10.4. The van der Waals surface area contributed by atoms with Gasteiger partial charge in [-0.1, -0.05) is 38.7 Å². The normalized spacial score (nSPS) is 15.1. The van der Waals surface area contributed by atoms with E-state index in [4.69, 9.17) is 18.8 Å². The summed E-state index contributed by atoms with van der Waals surface area (Å²) in [5.74, 6) is -0.596. The van der Waals surface area contributed by atoms with Crippen LogP contribution in [0.5, 0.6) is 11.5 Å². The fraction of sp³-hybridized carbons (Fsp3) is 0.619. The fourth-order valence-corrected chi connectivity index (χ4v) is 3.64. The first kappa shape index (κ1) is 24.2.